The van der Waals surface area contributed by atoms with E-state index in [4.69, 9.17) is 9.47 Å². The monoisotopic (exact) mass is 496 g/mol. The molecule has 0 aliphatic heterocycles. The minimum atomic E-state index is -0.0232. The SMILES string of the molecule is CC(C)CCOC(=O)CCCCCCCCCCCCCCC(CC(=O)OCCC(C)C)C(C)C. The zero-order valence-corrected chi connectivity index (χ0v) is 24.4. The summed E-state index contributed by atoms with van der Waals surface area (Å²) in [5.41, 5.74) is 0. The fourth-order valence-electron chi connectivity index (χ4n) is 4.28. The van der Waals surface area contributed by atoms with E-state index in [1.54, 1.807) is 0 Å². The molecule has 4 heteroatoms. The van der Waals surface area contributed by atoms with Gasteiger partial charge in [0.1, 0.15) is 0 Å². The number of carbonyl (C=O) groups excluding carboxylic acids is 2. The summed E-state index contributed by atoms with van der Waals surface area (Å²) >= 11 is 0. The molecule has 0 heterocycles. The highest BCUT2D eigenvalue weighted by molar-refractivity contribution is 5.69. The second-order valence-electron chi connectivity index (χ2n) is 11.8. The molecule has 0 spiro atoms. The lowest BCUT2D eigenvalue weighted by molar-refractivity contribution is -0.146. The maximum atomic E-state index is 12.1. The second kappa shape index (κ2) is 23.3. The molecule has 1 unspecified atom stereocenters. The lowest BCUT2D eigenvalue weighted by Gasteiger charge is -2.20. The summed E-state index contributed by atoms with van der Waals surface area (Å²) in [6.07, 6.45) is 19.4. The maximum absolute atomic E-state index is 12.1. The Hall–Kier alpha value is -1.06. The van der Waals surface area contributed by atoms with Crippen molar-refractivity contribution in [2.75, 3.05) is 13.2 Å². The third-order valence-corrected chi connectivity index (χ3v) is 6.99. The van der Waals surface area contributed by atoms with Gasteiger partial charge in [0.25, 0.3) is 0 Å². The fraction of sp³-hybridized carbons (Fsp3) is 0.935. The van der Waals surface area contributed by atoms with E-state index < -0.39 is 0 Å². The summed E-state index contributed by atoms with van der Waals surface area (Å²) in [7, 11) is 0. The topological polar surface area (TPSA) is 52.6 Å². The summed E-state index contributed by atoms with van der Waals surface area (Å²) in [6, 6.07) is 0. The molecule has 0 aliphatic rings. The van der Waals surface area contributed by atoms with Crippen LogP contribution < -0.4 is 0 Å². The number of unbranched alkanes of at least 4 members (excludes halogenated alkanes) is 11. The molecule has 0 aromatic carbocycles. The van der Waals surface area contributed by atoms with Crippen molar-refractivity contribution in [3.05, 3.63) is 0 Å². The number of esters is 2. The van der Waals surface area contributed by atoms with E-state index in [0.717, 1.165) is 32.1 Å². The lowest BCUT2D eigenvalue weighted by atomic mass is 9.87. The summed E-state index contributed by atoms with van der Waals surface area (Å²) in [5.74, 6) is 2.13. The van der Waals surface area contributed by atoms with E-state index in [2.05, 4.69) is 41.5 Å². The summed E-state index contributed by atoms with van der Waals surface area (Å²) in [6.45, 7) is 14.2. The molecule has 0 amide bonds. The largest absolute Gasteiger partial charge is 0.466 e. The number of carbonyl (C=O) groups is 2. The number of hydrogen-bond donors (Lipinski definition) is 0. The molecule has 0 fully saturated rings. The predicted octanol–water partition coefficient (Wildman–Crippen LogP) is 9.29. The zero-order valence-electron chi connectivity index (χ0n) is 24.4. The summed E-state index contributed by atoms with van der Waals surface area (Å²) in [4.78, 5) is 23.8. The first-order chi connectivity index (χ1) is 16.7. The first kappa shape index (κ1) is 33.9. The van der Waals surface area contributed by atoms with Gasteiger partial charge in [0.2, 0.25) is 0 Å². The molecular formula is C31H60O4. The van der Waals surface area contributed by atoms with E-state index in [1.807, 2.05) is 0 Å². The van der Waals surface area contributed by atoms with Crippen molar-refractivity contribution in [2.24, 2.45) is 23.7 Å². The van der Waals surface area contributed by atoms with Crippen molar-refractivity contribution >= 4 is 11.9 Å². The van der Waals surface area contributed by atoms with E-state index in [9.17, 15) is 9.59 Å². The molecule has 208 valence electrons. The molecule has 1 atom stereocenters. The van der Waals surface area contributed by atoms with Gasteiger partial charge in [-0.1, -0.05) is 112 Å². The summed E-state index contributed by atoms with van der Waals surface area (Å²) in [5, 5.41) is 0. The average Bonchev–Trinajstić information content (AvgIpc) is 2.77. The van der Waals surface area contributed by atoms with E-state index in [1.165, 1.54) is 64.2 Å². The Morgan fingerprint density at radius 2 is 0.914 bits per heavy atom. The van der Waals surface area contributed by atoms with Crippen LogP contribution in [0.25, 0.3) is 0 Å². The molecule has 0 rings (SSSR count). The average molecular weight is 497 g/mol. The second-order valence-corrected chi connectivity index (χ2v) is 11.8. The van der Waals surface area contributed by atoms with Gasteiger partial charge in [0.05, 0.1) is 13.2 Å². The molecule has 0 saturated heterocycles. The van der Waals surface area contributed by atoms with E-state index in [-0.39, 0.29) is 11.9 Å². The molecule has 35 heavy (non-hydrogen) atoms. The van der Waals surface area contributed by atoms with E-state index >= 15 is 0 Å². The van der Waals surface area contributed by atoms with Gasteiger partial charge in [0, 0.05) is 12.8 Å². The molecule has 0 N–H and O–H groups in total. The Kier molecular flexibility index (Phi) is 22.6. The van der Waals surface area contributed by atoms with Gasteiger partial charge in [-0.15, -0.1) is 0 Å². The first-order valence-electron chi connectivity index (χ1n) is 15.0. The van der Waals surface area contributed by atoms with Crippen molar-refractivity contribution < 1.29 is 19.1 Å². The van der Waals surface area contributed by atoms with Crippen LogP contribution >= 0.6 is 0 Å². The van der Waals surface area contributed by atoms with Gasteiger partial charge in [-0.2, -0.15) is 0 Å². The van der Waals surface area contributed by atoms with Crippen LogP contribution in [-0.4, -0.2) is 25.2 Å². The fourth-order valence-corrected chi connectivity index (χ4v) is 4.28. The molecular weight excluding hydrogens is 436 g/mol. The third kappa shape index (κ3) is 24.4. The zero-order chi connectivity index (χ0) is 26.3. The highest BCUT2D eigenvalue weighted by Crippen LogP contribution is 2.23. The van der Waals surface area contributed by atoms with Gasteiger partial charge in [-0.3, -0.25) is 9.59 Å². The van der Waals surface area contributed by atoms with Crippen molar-refractivity contribution in [3.8, 4) is 0 Å². The summed E-state index contributed by atoms with van der Waals surface area (Å²) < 4.78 is 10.7. The number of rotatable bonds is 24. The van der Waals surface area contributed by atoms with Crippen LogP contribution in [-0.2, 0) is 19.1 Å². The highest BCUT2D eigenvalue weighted by Gasteiger charge is 2.18. The van der Waals surface area contributed by atoms with Gasteiger partial charge in [0.15, 0.2) is 0 Å². The lowest BCUT2D eigenvalue weighted by Crippen LogP contribution is -2.17. The van der Waals surface area contributed by atoms with Gasteiger partial charge < -0.3 is 9.47 Å². The smallest absolute Gasteiger partial charge is 0.306 e. The predicted molar refractivity (Wildman–Crippen MR) is 148 cm³/mol. The van der Waals surface area contributed by atoms with Crippen molar-refractivity contribution in [2.45, 2.75) is 151 Å². The number of hydrogen-bond acceptors (Lipinski definition) is 4. The Morgan fingerprint density at radius 1 is 0.514 bits per heavy atom. The van der Waals surface area contributed by atoms with Gasteiger partial charge in [-0.05, 0) is 49.4 Å². The minimum Gasteiger partial charge on any atom is -0.466 e. The first-order valence-corrected chi connectivity index (χ1v) is 15.0. The van der Waals surface area contributed by atoms with Crippen LogP contribution in [0.1, 0.15) is 151 Å². The van der Waals surface area contributed by atoms with Crippen LogP contribution in [0.2, 0.25) is 0 Å². The number of ether oxygens (including phenoxy) is 2. The minimum absolute atomic E-state index is 0.0102. The van der Waals surface area contributed by atoms with Crippen LogP contribution in [0, 0.1) is 23.7 Å². The Balaban J connectivity index is 3.51. The molecule has 0 bridgehead atoms. The Bertz CT molecular complexity index is 498. The molecule has 4 nitrogen and oxygen atoms in total. The molecule has 0 aromatic heterocycles. The van der Waals surface area contributed by atoms with Crippen LogP contribution in [0.4, 0.5) is 0 Å². The maximum Gasteiger partial charge on any atom is 0.306 e. The van der Waals surface area contributed by atoms with Crippen molar-refractivity contribution in [1.29, 1.82) is 0 Å². The Morgan fingerprint density at radius 3 is 1.34 bits per heavy atom. The molecule has 0 radical (unpaired) electrons. The van der Waals surface area contributed by atoms with Crippen LogP contribution in [0.3, 0.4) is 0 Å². The Labute approximate surface area is 218 Å². The van der Waals surface area contributed by atoms with E-state index in [0.29, 0.717) is 49.7 Å². The van der Waals surface area contributed by atoms with Crippen molar-refractivity contribution in [1.82, 2.24) is 0 Å². The normalized spacial score (nSPS) is 12.5. The highest BCUT2D eigenvalue weighted by atomic mass is 16.5. The molecule has 0 aliphatic carbocycles. The standard InChI is InChI=1S/C31H60O4/c1-26(2)21-23-34-30(32)20-18-16-14-12-10-8-7-9-11-13-15-17-19-29(28(5)6)25-31(33)35-24-22-27(3)4/h26-29H,7-25H2,1-6H3. The third-order valence-electron chi connectivity index (χ3n) is 6.99. The molecule has 0 saturated carbocycles. The van der Waals surface area contributed by atoms with Crippen LogP contribution in [0.5, 0.6) is 0 Å². The van der Waals surface area contributed by atoms with Crippen LogP contribution in [0.15, 0.2) is 0 Å². The van der Waals surface area contributed by atoms with Gasteiger partial charge in [-0.25, -0.2) is 0 Å². The molecule has 0 aromatic rings. The quantitative estimate of drug-likeness (QED) is 0.0986. The van der Waals surface area contributed by atoms with Crippen molar-refractivity contribution in [3.63, 3.8) is 0 Å². The van der Waals surface area contributed by atoms with Gasteiger partial charge >= 0.3 is 11.9 Å².